The van der Waals surface area contributed by atoms with Gasteiger partial charge in [-0.1, -0.05) is 121 Å². The largest absolute Gasteiger partial charge is 0.359 e. The van der Waals surface area contributed by atoms with E-state index in [2.05, 4.69) is 30.4 Å². The molecule has 4 rings (SSSR count). The molecule has 6 N–H and O–H groups in total. The Morgan fingerprint density at radius 2 is 0.896 bits per heavy atom. The number of rotatable bonds is 6. The highest BCUT2D eigenvalue weighted by Crippen LogP contribution is 2.52. The topological polar surface area (TPSA) is 121 Å². The van der Waals surface area contributed by atoms with Crippen LogP contribution in [0.1, 0.15) is 109 Å². The lowest BCUT2D eigenvalue weighted by molar-refractivity contribution is -0.0992. The van der Waals surface area contributed by atoms with Crippen LogP contribution in [-0.4, -0.2) is 48.0 Å². The maximum absolute atomic E-state index is 11.0. The van der Waals surface area contributed by atoms with Crippen LogP contribution >= 0.6 is 0 Å². The summed E-state index contributed by atoms with van der Waals surface area (Å²) in [5.74, 6) is -6.03. The van der Waals surface area contributed by atoms with E-state index in [0.29, 0.717) is 16.7 Å². The molecule has 3 unspecified atom stereocenters. The maximum atomic E-state index is 11.0. The van der Waals surface area contributed by atoms with E-state index in [1.54, 1.807) is 18.2 Å². The fourth-order valence-electron chi connectivity index (χ4n) is 8.56. The highest BCUT2D eigenvalue weighted by Gasteiger charge is 2.45. The molecule has 0 aromatic rings. The van der Waals surface area contributed by atoms with E-state index in [0.717, 1.165) is 42.4 Å². The number of allylic oxidation sites excluding steroid dienone is 10. The zero-order valence-corrected chi connectivity index (χ0v) is 31.4. The van der Waals surface area contributed by atoms with Crippen molar-refractivity contribution in [1.82, 2.24) is 0 Å². The molecule has 0 aliphatic heterocycles. The van der Waals surface area contributed by atoms with Crippen LogP contribution in [0.25, 0.3) is 0 Å². The van der Waals surface area contributed by atoms with Gasteiger partial charge in [0.05, 0.1) is 0 Å². The lowest BCUT2D eigenvalue weighted by Gasteiger charge is -2.44. The molecular formula is C42H62O6. The Bertz CT molecular complexity index is 1460. The molecule has 0 fully saturated rings. The molecule has 0 bridgehead atoms. The zero-order valence-electron chi connectivity index (χ0n) is 31.4. The summed E-state index contributed by atoms with van der Waals surface area (Å²) < 4.78 is 0. The van der Waals surface area contributed by atoms with Crippen molar-refractivity contribution in [2.45, 2.75) is 126 Å². The smallest absolute Gasteiger partial charge is 0.206 e. The second-order valence-corrected chi connectivity index (χ2v) is 18.5. The summed E-state index contributed by atoms with van der Waals surface area (Å²) >= 11 is 0. The van der Waals surface area contributed by atoms with Gasteiger partial charge >= 0.3 is 0 Å². The molecule has 0 saturated heterocycles. The van der Waals surface area contributed by atoms with Crippen LogP contribution in [0, 0.1) is 39.4 Å². The summed E-state index contributed by atoms with van der Waals surface area (Å²) in [6, 6.07) is 0. The second-order valence-electron chi connectivity index (χ2n) is 18.5. The Balaban J connectivity index is 1.77. The van der Waals surface area contributed by atoms with Crippen LogP contribution in [0.2, 0.25) is 0 Å². The molecule has 0 amide bonds. The van der Waals surface area contributed by atoms with Crippen molar-refractivity contribution in [2.75, 3.05) is 0 Å². The van der Waals surface area contributed by atoms with Crippen molar-refractivity contribution >= 4 is 0 Å². The Morgan fingerprint density at radius 3 is 1.25 bits per heavy atom. The van der Waals surface area contributed by atoms with Crippen LogP contribution in [-0.2, 0) is 0 Å². The molecule has 0 spiro atoms. The Morgan fingerprint density at radius 1 is 0.562 bits per heavy atom. The van der Waals surface area contributed by atoms with Gasteiger partial charge < -0.3 is 30.6 Å². The van der Waals surface area contributed by atoms with Gasteiger partial charge in [-0.2, -0.15) is 0 Å². The molecule has 3 atom stereocenters. The SMILES string of the molecule is CC1=CC(O)(O)C(C(C)(C)C)=CC1CC1=CC=CC(CC2C=C(C(C)(C)C)C(O)(O)C=C2C)(CC2C=C(C(C)(C)C)C(O)(O)C=C2C)C1. The van der Waals surface area contributed by atoms with E-state index < -0.39 is 33.6 Å². The predicted octanol–water partition coefficient (Wildman–Crippen LogP) is 7.72. The molecule has 0 aromatic carbocycles. The summed E-state index contributed by atoms with van der Waals surface area (Å²) in [4.78, 5) is 0. The van der Waals surface area contributed by atoms with Crippen LogP contribution < -0.4 is 0 Å². The first kappa shape index (κ1) is 38.5. The molecule has 4 aliphatic rings. The van der Waals surface area contributed by atoms with Crippen molar-refractivity contribution < 1.29 is 30.6 Å². The van der Waals surface area contributed by atoms with Crippen molar-refractivity contribution in [3.05, 3.63) is 93.7 Å². The standard InChI is InChI=1S/C42H62O6/c1-26-20-40(43,44)33(36(4,5)6)17-30(26)16-29-14-13-15-39(23-29,24-31-18-34(37(7,8)9)41(45,46)21-27(31)2)25-32-19-35(38(10,11)12)42(47,48)22-28(32)3/h13-15,17-22,30-32,43-48H,16,23-25H2,1-12H3. The van der Waals surface area contributed by atoms with Gasteiger partial charge in [0.25, 0.3) is 0 Å². The van der Waals surface area contributed by atoms with Gasteiger partial charge in [0.15, 0.2) is 0 Å². The first-order valence-corrected chi connectivity index (χ1v) is 17.5. The van der Waals surface area contributed by atoms with Crippen molar-refractivity contribution in [3.63, 3.8) is 0 Å². The van der Waals surface area contributed by atoms with Crippen molar-refractivity contribution in [1.29, 1.82) is 0 Å². The lowest BCUT2D eigenvalue weighted by Crippen LogP contribution is -2.40. The van der Waals surface area contributed by atoms with Gasteiger partial charge in [0.1, 0.15) is 0 Å². The van der Waals surface area contributed by atoms with Crippen LogP contribution in [0.5, 0.6) is 0 Å². The molecule has 0 radical (unpaired) electrons. The molecule has 0 saturated carbocycles. The number of aliphatic hydroxyl groups is 6. The van der Waals surface area contributed by atoms with E-state index in [9.17, 15) is 30.6 Å². The maximum Gasteiger partial charge on any atom is 0.206 e. The average Bonchev–Trinajstić information content (AvgIpc) is 2.86. The molecule has 0 aromatic heterocycles. The predicted molar refractivity (Wildman–Crippen MR) is 194 cm³/mol. The van der Waals surface area contributed by atoms with Gasteiger partial charge in [-0.15, -0.1) is 0 Å². The van der Waals surface area contributed by atoms with E-state index in [1.807, 2.05) is 89.2 Å². The summed E-state index contributed by atoms with van der Waals surface area (Å²) in [5, 5.41) is 65.9. The lowest BCUT2D eigenvalue weighted by atomic mass is 9.62. The van der Waals surface area contributed by atoms with Crippen molar-refractivity contribution in [2.24, 2.45) is 39.4 Å². The Kier molecular flexibility index (Phi) is 10.00. The normalized spacial score (nSPS) is 30.4. The van der Waals surface area contributed by atoms with Crippen LogP contribution in [0.15, 0.2) is 93.7 Å². The van der Waals surface area contributed by atoms with Gasteiger partial charge in [-0.3, -0.25) is 0 Å². The second kappa shape index (κ2) is 12.5. The Labute approximate surface area is 289 Å². The minimum atomic E-state index is -2.01. The molecule has 4 aliphatic carbocycles. The fourth-order valence-corrected chi connectivity index (χ4v) is 8.56. The van der Waals surface area contributed by atoms with E-state index in [-0.39, 0.29) is 23.2 Å². The third kappa shape index (κ3) is 8.17. The quantitative estimate of drug-likeness (QED) is 0.128. The van der Waals surface area contributed by atoms with Crippen LogP contribution in [0.4, 0.5) is 0 Å². The van der Waals surface area contributed by atoms with Crippen molar-refractivity contribution in [3.8, 4) is 0 Å². The van der Waals surface area contributed by atoms with Gasteiger partial charge in [0, 0.05) is 5.92 Å². The molecule has 0 heterocycles. The molecular weight excluding hydrogens is 600 g/mol. The minimum absolute atomic E-state index is 0.0169. The monoisotopic (exact) mass is 662 g/mol. The third-order valence-electron chi connectivity index (χ3n) is 10.9. The molecule has 6 heteroatoms. The van der Waals surface area contributed by atoms with Gasteiger partial charge in [-0.05, 0) is 115 Å². The minimum Gasteiger partial charge on any atom is -0.359 e. The van der Waals surface area contributed by atoms with E-state index >= 15 is 0 Å². The third-order valence-corrected chi connectivity index (χ3v) is 10.9. The number of hydrogen-bond donors (Lipinski definition) is 6. The van der Waals surface area contributed by atoms with Gasteiger partial charge in [-0.25, -0.2) is 0 Å². The van der Waals surface area contributed by atoms with E-state index in [1.165, 1.54) is 5.57 Å². The molecule has 266 valence electrons. The summed E-state index contributed by atoms with van der Waals surface area (Å²) in [7, 11) is 0. The highest BCUT2D eigenvalue weighted by atomic mass is 16.5. The summed E-state index contributed by atoms with van der Waals surface area (Å²) in [6.45, 7) is 23.9. The van der Waals surface area contributed by atoms with E-state index in [4.69, 9.17) is 0 Å². The average molecular weight is 663 g/mol. The van der Waals surface area contributed by atoms with Crippen LogP contribution in [0.3, 0.4) is 0 Å². The summed E-state index contributed by atoms with van der Waals surface area (Å²) in [5.41, 5.74) is 4.13. The summed E-state index contributed by atoms with van der Waals surface area (Å²) in [6.07, 6.45) is 20.6. The fraction of sp³-hybridized carbons (Fsp3) is 0.619. The first-order chi connectivity index (χ1) is 21.6. The highest BCUT2D eigenvalue weighted by molar-refractivity contribution is 5.40. The zero-order chi connectivity index (χ0) is 36.5. The molecule has 6 nitrogen and oxygen atoms in total. The van der Waals surface area contributed by atoms with Gasteiger partial charge in [0.2, 0.25) is 17.4 Å². The first-order valence-electron chi connectivity index (χ1n) is 17.5. The Hall–Kier alpha value is -2.32. The molecule has 48 heavy (non-hydrogen) atoms. The number of hydrogen-bond acceptors (Lipinski definition) is 6.